The van der Waals surface area contributed by atoms with Gasteiger partial charge >= 0.3 is 6.03 Å². The summed E-state index contributed by atoms with van der Waals surface area (Å²) in [5.74, 6) is 0.567. The van der Waals surface area contributed by atoms with E-state index in [9.17, 15) is 4.79 Å². The van der Waals surface area contributed by atoms with E-state index in [0.717, 1.165) is 18.8 Å². The molecule has 3 rings (SSSR count). The molecule has 0 atom stereocenters. The monoisotopic (exact) mass is 299 g/mol. The van der Waals surface area contributed by atoms with E-state index >= 15 is 0 Å². The van der Waals surface area contributed by atoms with E-state index in [-0.39, 0.29) is 11.4 Å². The van der Waals surface area contributed by atoms with Crippen molar-refractivity contribution in [3.63, 3.8) is 0 Å². The second-order valence-electron chi connectivity index (χ2n) is 6.78. The van der Waals surface area contributed by atoms with Crippen molar-refractivity contribution < 1.29 is 4.79 Å². The quantitative estimate of drug-likeness (QED) is 0.927. The highest BCUT2D eigenvalue weighted by Crippen LogP contribution is 2.33. The van der Waals surface area contributed by atoms with E-state index in [0.29, 0.717) is 11.6 Å². The van der Waals surface area contributed by atoms with Crippen molar-refractivity contribution in [2.75, 3.05) is 18.4 Å². The molecule has 0 spiro atoms. The molecule has 0 bridgehead atoms. The summed E-state index contributed by atoms with van der Waals surface area (Å²) in [7, 11) is 0. The van der Waals surface area contributed by atoms with Crippen molar-refractivity contribution in [2.24, 2.45) is 11.3 Å². The number of nitrogens with one attached hydrogen (secondary N) is 1. The highest BCUT2D eigenvalue weighted by atomic mass is 16.2. The van der Waals surface area contributed by atoms with Crippen LogP contribution in [0.2, 0.25) is 0 Å². The molecule has 0 aromatic carbocycles. The molecule has 0 radical (unpaired) electrons. The van der Waals surface area contributed by atoms with Gasteiger partial charge in [0.1, 0.15) is 0 Å². The van der Waals surface area contributed by atoms with Crippen molar-refractivity contribution in [3.05, 3.63) is 36.9 Å². The zero-order valence-corrected chi connectivity index (χ0v) is 13.2. The Balaban J connectivity index is 1.59. The molecule has 1 aliphatic rings. The molecule has 116 valence electrons. The molecular formula is C16H21N5O. The van der Waals surface area contributed by atoms with E-state index < -0.39 is 0 Å². The predicted molar refractivity (Wildman–Crippen MR) is 84.9 cm³/mol. The van der Waals surface area contributed by atoms with Crippen LogP contribution in [0.4, 0.5) is 10.5 Å². The largest absolute Gasteiger partial charge is 0.324 e. The Labute approximate surface area is 130 Å². The lowest BCUT2D eigenvalue weighted by molar-refractivity contribution is 0.0572. The lowest BCUT2D eigenvalue weighted by Crippen LogP contribution is -2.55. The second-order valence-corrected chi connectivity index (χ2v) is 6.78. The van der Waals surface area contributed by atoms with Gasteiger partial charge in [0.2, 0.25) is 0 Å². The molecule has 0 aliphatic carbocycles. The Morgan fingerprint density at radius 2 is 1.95 bits per heavy atom. The minimum Gasteiger partial charge on any atom is -0.324 e. The van der Waals surface area contributed by atoms with Crippen LogP contribution in [0.5, 0.6) is 0 Å². The Morgan fingerprint density at radius 3 is 2.59 bits per heavy atom. The summed E-state index contributed by atoms with van der Waals surface area (Å²) >= 11 is 0. The average molecular weight is 299 g/mol. The first-order valence-electron chi connectivity index (χ1n) is 7.44. The lowest BCUT2D eigenvalue weighted by Gasteiger charge is -2.46. The van der Waals surface area contributed by atoms with Gasteiger partial charge in [0, 0.05) is 25.5 Å². The molecule has 2 amide bonds. The number of hydrogen-bond donors (Lipinski definition) is 1. The fourth-order valence-electron chi connectivity index (χ4n) is 2.42. The van der Waals surface area contributed by atoms with Gasteiger partial charge in [-0.3, -0.25) is 4.98 Å². The fraction of sp³-hybridized carbons (Fsp3) is 0.438. The molecule has 6 heteroatoms. The summed E-state index contributed by atoms with van der Waals surface area (Å²) in [5.41, 5.74) is 1.86. The summed E-state index contributed by atoms with van der Waals surface area (Å²) in [6, 6.07) is 3.67. The van der Waals surface area contributed by atoms with Gasteiger partial charge < -0.3 is 10.2 Å². The topological polar surface area (TPSA) is 63.1 Å². The van der Waals surface area contributed by atoms with Crippen LogP contribution >= 0.6 is 0 Å². The number of amides is 2. The maximum Gasteiger partial charge on any atom is 0.321 e. The third-order valence-electron chi connectivity index (χ3n) is 4.15. The minimum atomic E-state index is -0.0604. The van der Waals surface area contributed by atoms with E-state index in [1.54, 1.807) is 29.5 Å². The van der Waals surface area contributed by atoms with Crippen LogP contribution in [0.3, 0.4) is 0 Å². The van der Waals surface area contributed by atoms with Gasteiger partial charge in [0.05, 0.1) is 23.8 Å². The minimum absolute atomic E-state index is 0.0604. The highest BCUT2D eigenvalue weighted by molar-refractivity contribution is 5.89. The van der Waals surface area contributed by atoms with Gasteiger partial charge in [-0.25, -0.2) is 9.48 Å². The second kappa shape index (κ2) is 5.44. The molecule has 22 heavy (non-hydrogen) atoms. The molecule has 2 aromatic rings. The van der Waals surface area contributed by atoms with Crippen LogP contribution in [-0.2, 0) is 0 Å². The molecule has 3 heterocycles. The molecule has 0 unspecified atom stereocenters. The molecule has 1 fully saturated rings. The molecular weight excluding hydrogens is 278 g/mol. The molecule has 1 aliphatic heterocycles. The molecule has 6 nitrogen and oxygen atoms in total. The summed E-state index contributed by atoms with van der Waals surface area (Å²) in [5, 5.41) is 7.15. The number of likely N-dealkylation sites (tertiary alicyclic amines) is 1. The van der Waals surface area contributed by atoms with Gasteiger partial charge in [0.25, 0.3) is 0 Å². The third kappa shape index (κ3) is 2.95. The Kier molecular flexibility index (Phi) is 3.60. The number of carbonyl (C=O) groups is 1. The van der Waals surface area contributed by atoms with Crippen LogP contribution in [-0.4, -0.2) is 38.8 Å². The Hall–Kier alpha value is -2.37. The van der Waals surface area contributed by atoms with Crippen molar-refractivity contribution >= 4 is 11.7 Å². The Morgan fingerprint density at radius 1 is 1.27 bits per heavy atom. The van der Waals surface area contributed by atoms with E-state index in [2.05, 4.69) is 36.2 Å². The SMILES string of the molecule is CC(C)(C)C1CN(C(=O)Nc2cnn(-c3ccncc3)c2)C1. The fourth-order valence-corrected chi connectivity index (χ4v) is 2.42. The maximum atomic E-state index is 12.2. The zero-order valence-electron chi connectivity index (χ0n) is 13.2. The molecule has 2 aromatic heterocycles. The van der Waals surface area contributed by atoms with Gasteiger partial charge in [-0.1, -0.05) is 20.8 Å². The zero-order chi connectivity index (χ0) is 15.7. The molecule has 0 saturated carbocycles. The standard InChI is InChI=1S/C16H21N5O/c1-16(2,3)12-9-20(10-12)15(22)19-13-8-18-21(11-13)14-4-6-17-7-5-14/h4-8,11-12H,9-10H2,1-3H3,(H,19,22). The van der Waals surface area contributed by atoms with Crippen molar-refractivity contribution in [1.29, 1.82) is 0 Å². The van der Waals surface area contributed by atoms with E-state index in [1.807, 2.05) is 17.0 Å². The first kappa shape index (κ1) is 14.6. The van der Waals surface area contributed by atoms with Crippen LogP contribution in [0.15, 0.2) is 36.9 Å². The third-order valence-corrected chi connectivity index (χ3v) is 4.15. The van der Waals surface area contributed by atoms with Gasteiger partial charge in [-0.15, -0.1) is 0 Å². The van der Waals surface area contributed by atoms with Crippen LogP contribution < -0.4 is 5.32 Å². The van der Waals surface area contributed by atoms with Crippen molar-refractivity contribution in [1.82, 2.24) is 19.7 Å². The summed E-state index contributed by atoms with van der Waals surface area (Å²) < 4.78 is 1.71. The normalized spacial score (nSPS) is 15.5. The number of urea groups is 1. The number of anilines is 1. The summed E-state index contributed by atoms with van der Waals surface area (Å²) in [4.78, 5) is 18.0. The average Bonchev–Trinajstić information content (AvgIpc) is 2.84. The van der Waals surface area contributed by atoms with Crippen molar-refractivity contribution in [3.8, 4) is 5.69 Å². The number of carbonyl (C=O) groups excluding carboxylic acids is 1. The number of rotatable bonds is 2. The van der Waals surface area contributed by atoms with Gasteiger partial charge in [-0.2, -0.15) is 5.10 Å². The number of nitrogens with zero attached hydrogens (tertiary/aromatic N) is 4. The highest BCUT2D eigenvalue weighted by Gasteiger charge is 2.38. The van der Waals surface area contributed by atoms with Crippen LogP contribution in [0, 0.1) is 11.3 Å². The van der Waals surface area contributed by atoms with Crippen LogP contribution in [0.25, 0.3) is 5.69 Å². The predicted octanol–water partition coefficient (Wildman–Crippen LogP) is 2.78. The molecule has 1 saturated heterocycles. The van der Waals surface area contributed by atoms with Crippen molar-refractivity contribution in [2.45, 2.75) is 20.8 Å². The van der Waals surface area contributed by atoms with Gasteiger partial charge in [-0.05, 0) is 23.5 Å². The molecule has 1 N–H and O–H groups in total. The maximum absolute atomic E-state index is 12.2. The summed E-state index contributed by atoms with van der Waals surface area (Å²) in [6.07, 6.45) is 6.87. The number of hydrogen-bond acceptors (Lipinski definition) is 3. The smallest absolute Gasteiger partial charge is 0.321 e. The van der Waals surface area contributed by atoms with E-state index in [1.165, 1.54) is 0 Å². The first-order chi connectivity index (χ1) is 10.4. The first-order valence-corrected chi connectivity index (χ1v) is 7.44. The van der Waals surface area contributed by atoms with E-state index in [4.69, 9.17) is 0 Å². The number of pyridine rings is 1. The number of aromatic nitrogens is 3. The van der Waals surface area contributed by atoms with Gasteiger partial charge in [0.15, 0.2) is 0 Å². The summed E-state index contributed by atoms with van der Waals surface area (Å²) in [6.45, 7) is 8.27. The Bertz CT molecular complexity index is 653. The van der Waals surface area contributed by atoms with Crippen LogP contribution in [0.1, 0.15) is 20.8 Å². The lowest BCUT2D eigenvalue weighted by atomic mass is 9.76.